The van der Waals surface area contributed by atoms with Crippen LogP contribution in [0.3, 0.4) is 0 Å². The summed E-state index contributed by atoms with van der Waals surface area (Å²) in [6.07, 6.45) is 2.66. The summed E-state index contributed by atoms with van der Waals surface area (Å²) < 4.78 is 22.1. The molecule has 0 unspecified atom stereocenters. The minimum atomic E-state index is -0.781. The number of ether oxygens (including phenoxy) is 2. The molecule has 1 aromatic carbocycles. The SMILES string of the molecule is CCC[CH]C(=O)OC(=O)COc1ccc(F)cc1. The fourth-order valence-electron chi connectivity index (χ4n) is 1.12. The predicted octanol–water partition coefficient (Wildman–Crippen LogP) is 2.28. The van der Waals surface area contributed by atoms with Gasteiger partial charge in [-0.15, -0.1) is 0 Å². The van der Waals surface area contributed by atoms with Gasteiger partial charge in [0.25, 0.3) is 0 Å². The van der Waals surface area contributed by atoms with Crippen molar-refractivity contribution in [3.05, 3.63) is 36.5 Å². The van der Waals surface area contributed by atoms with Crippen molar-refractivity contribution < 1.29 is 23.5 Å². The highest BCUT2D eigenvalue weighted by Gasteiger charge is 2.10. The summed E-state index contributed by atoms with van der Waals surface area (Å²) >= 11 is 0. The third kappa shape index (κ3) is 5.43. The minimum Gasteiger partial charge on any atom is -0.482 e. The van der Waals surface area contributed by atoms with Crippen LogP contribution in [-0.4, -0.2) is 18.5 Å². The van der Waals surface area contributed by atoms with Gasteiger partial charge in [-0.25, -0.2) is 9.18 Å². The van der Waals surface area contributed by atoms with Crippen LogP contribution in [0.1, 0.15) is 19.8 Å². The highest BCUT2D eigenvalue weighted by Crippen LogP contribution is 2.10. The molecule has 0 saturated heterocycles. The summed E-state index contributed by atoms with van der Waals surface area (Å²) in [5, 5.41) is 0. The Morgan fingerprint density at radius 2 is 1.94 bits per heavy atom. The van der Waals surface area contributed by atoms with Crippen molar-refractivity contribution >= 4 is 11.9 Å². The molecule has 1 rings (SSSR count). The molecule has 0 aliphatic carbocycles. The Kier molecular flexibility index (Phi) is 5.84. The molecular weight excluding hydrogens is 239 g/mol. The molecule has 4 nitrogen and oxygen atoms in total. The molecule has 1 radical (unpaired) electrons. The van der Waals surface area contributed by atoms with Crippen LogP contribution in [0, 0.1) is 12.2 Å². The van der Waals surface area contributed by atoms with Crippen LogP contribution in [-0.2, 0) is 14.3 Å². The van der Waals surface area contributed by atoms with Gasteiger partial charge in [-0.05, 0) is 30.7 Å². The standard InChI is InChI=1S/C13H14FO4/c1-2-3-4-12(15)18-13(16)9-17-11-7-5-10(14)6-8-11/h4-8H,2-3,9H2,1H3. The third-order valence-corrected chi connectivity index (χ3v) is 1.98. The van der Waals surface area contributed by atoms with Gasteiger partial charge in [0.05, 0.1) is 6.42 Å². The third-order valence-electron chi connectivity index (χ3n) is 1.98. The Bertz CT molecular complexity index is 400. The van der Waals surface area contributed by atoms with Gasteiger partial charge in [0.15, 0.2) is 6.61 Å². The fraction of sp³-hybridized carbons (Fsp3) is 0.308. The van der Waals surface area contributed by atoms with Gasteiger partial charge in [0.1, 0.15) is 11.6 Å². The molecule has 0 aromatic heterocycles. The van der Waals surface area contributed by atoms with Crippen molar-refractivity contribution in [3.8, 4) is 5.75 Å². The molecule has 0 fully saturated rings. The van der Waals surface area contributed by atoms with E-state index in [2.05, 4.69) is 4.74 Å². The van der Waals surface area contributed by atoms with Crippen LogP contribution in [0.15, 0.2) is 24.3 Å². The average molecular weight is 253 g/mol. The topological polar surface area (TPSA) is 52.6 Å². The van der Waals surface area contributed by atoms with E-state index in [4.69, 9.17) is 4.74 Å². The van der Waals surface area contributed by atoms with Gasteiger partial charge < -0.3 is 9.47 Å². The largest absolute Gasteiger partial charge is 0.482 e. The summed E-state index contributed by atoms with van der Waals surface area (Å²) in [5.74, 6) is -1.52. The zero-order valence-corrected chi connectivity index (χ0v) is 10.0. The van der Waals surface area contributed by atoms with Gasteiger partial charge in [0, 0.05) is 0 Å². The molecule has 18 heavy (non-hydrogen) atoms. The summed E-state index contributed by atoms with van der Waals surface area (Å²) in [6.45, 7) is 1.51. The summed E-state index contributed by atoms with van der Waals surface area (Å²) in [4.78, 5) is 22.3. The number of halogens is 1. The zero-order valence-electron chi connectivity index (χ0n) is 10.0. The molecule has 0 bridgehead atoms. The molecule has 0 aliphatic heterocycles. The van der Waals surface area contributed by atoms with Crippen molar-refractivity contribution in [1.82, 2.24) is 0 Å². The first-order valence-corrected chi connectivity index (χ1v) is 5.58. The second kappa shape index (κ2) is 7.42. The van der Waals surface area contributed by atoms with Gasteiger partial charge in [-0.3, -0.25) is 4.79 Å². The Morgan fingerprint density at radius 3 is 2.56 bits per heavy atom. The molecule has 5 heteroatoms. The summed E-state index contributed by atoms with van der Waals surface area (Å²) in [7, 11) is 0. The molecule has 0 saturated carbocycles. The van der Waals surface area contributed by atoms with Crippen molar-refractivity contribution in [2.24, 2.45) is 0 Å². The van der Waals surface area contributed by atoms with E-state index in [-0.39, 0.29) is 0 Å². The lowest BCUT2D eigenvalue weighted by Gasteiger charge is -2.05. The smallest absolute Gasteiger partial charge is 0.351 e. The van der Waals surface area contributed by atoms with Crippen molar-refractivity contribution in [3.63, 3.8) is 0 Å². The number of benzene rings is 1. The fourth-order valence-corrected chi connectivity index (χ4v) is 1.12. The number of unbranched alkanes of at least 4 members (excludes halogenated alkanes) is 1. The maximum absolute atomic E-state index is 12.6. The monoisotopic (exact) mass is 253 g/mol. The number of hydrogen-bond donors (Lipinski definition) is 0. The summed E-state index contributed by atoms with van der Waals surface area (Å²) in [5.41, 5.74) is 0. The van der Waals surface area contributed by atoms with Crippen molar-refractivity contribution in [2.45, 2.75) is 19.8 Å². The quantitative estimate of drug-likeness (QED) is 0.576. The lowest BCUT2D eigenvalue weighted by Crippen LogP contribution is -2.19. The van der Waals surface area contributed by atoms with E-state index in [9.17, 15) is 14.0 Å². The molecule has 0 spiro atoms. The Hall–Kier alpha value is -1.91. The number of carbonyl (C=O) groups is 2. The van der Waals surface area contributed by atoms with Crippen LogP contribution in [0.4, 0.5) is 4.39 Å². The van der Waals surface area contributed by atoms with Gasteiger partial charge in [0.2, 0.25) is 0 Å². The van der Waals surface area contributed by atoms with Crippen molar-refractivity contribution in [1.29, 1.82) is 0 Å². The zero-order chi connectivity index (χ0) is 13.4. The molecule has 0 atom stereocenters. The van der Waals surface area contributed by atoms with Crippen LogP contribution < -0.4 is 4.74 Å². The van der Waals surface area contributed by atoms with Crippen LogP contribution in [0.2, 0.25) is 0 Å². The Labute approximate surface area is 105 Å². The van der Waals surface area contributed by atoms with E-state index in [1.165, 1.54) is 30.7 Å². The number of hydrogen-bond acceptors (Lipinski definition) is 4. The highest BCUT2D eigenvalue weighted by atomic mass is 19.1. The minimum absolute atomic E-state index is 0.332. The summed E-state index contributed by atoms with van der Waals surface area (Å²) in [6, 6.07) is 5.18. The van der Waals surface area contributed by atoms with E-state index >= 15 is 0 Å². The molecule has 0 aliphatic rings. The lowest BCUT2D eigenvalue weighted by molar-refractivity contribution is -0.158. The van der Waals surface area contributed by atoms with Crippen LogP contribution in [0.25, 0.3) is 0 Å². The number of esters is 2. The molecular formula is C13H14FO4. The second-order valence-electron chi connectivity index (χ2n) is 3.53. The van der Waals surface area contributed by atoms with E-state index in [0.29, 0.717) is 12.2 Å². The molecule has 1 aromatic rings. The van der Waals surface area contributed by atoms with Crippen LogP contribution in [0.5, 0.6) is 5.75 Å². The Balaban J connectivity index is 2.28. The number of rotatable bonds is 6. The number of carbonyl (C=O) groups excluding carboxylic acids is 2. The average Bonchev–Trinajstić information content (AvgIpc) is 2.35. The normalized spacial score (nSPS) is 9.89. The first-order chi connectivity index (χ1) is 8.61. The van der Waals surface area contributed by atoms with Crippen LogP contribution >= 0.6 is 0 Å². The van der Waals surface area contributed by atoms with E-state index in [1.54, 1.807) is 0 Å². The molecule has 0 amide bonds. The second-order valence-corrected chi connectivity index (χ2v) is 3.53. The Morgan fingerprint density at radius 1 is 1.28 bits per heavy atom. The molecule has 0 N–H and O–H groups in total. The predicted molar refractivity (Wildman–Crippen MR) is 62.2 cm³/mol. The van der Waals surface area contributed by atoms with E-state index in [1.807, 2.05) is 6.92 Å². The maximum atomic E-state index is 12.6. The van der Waals surface area contributed by atoms with Gasteiger partial charge in [-0.1, -0.05) is 13.3 Å². The lowest BCUT2D eigenvalue weighted by atomic mass is 10.2. The molecule has 0 heterocycles. The van der Waals surface area contributed by atoms with E-state index in [0.717, 1.165) is 6.42 Å². The van der Waals surface area contributed by atoms with Crippen molar-refractivity contribution in [2.75, 3.05) is 6.61 Å². The van der Waals surface area contributed by atoms with Gasteiger partial charge in [-0.2, -0.15) is 0 Å². The maximum Gasteiger partial charge on any atom is 0.351 e. The first-order valence-electron chi connectivity index (χ1n) is 5.58. The van der Waals surface area contributed by atoms with E-state index < -0.39 is 24.4 Å². The molecule has 97 valence electrons. The first kappa shape index (κ1) is 14.2. The van der Waals surface area contributed by atoms with Gasteiger partial charge >= 0.3 is 11.9 Å². The highest BCUT2D eigenvalue weighted by molar-refractivity contribution is 5.90.